The van der Waals surface area contributed by atoms with Crippen molar-refractivity contribution in [1.29, 1.82) is 0 Å². The van der Waals surface area contributed by atoms with Crippen molar-refractivity contribution in [1.82, 2.24) is 5.32 Å². The van der Waals surface area contributed by atoms with Gasteiger partial charge in [0.1, 0.15) is 5.75 Å². The summed E-state index contributed by atoms with van der Waals surface area (Å²) in [5, 5.41) is 3.73. The zero-order valence-corrected chi connectivity index (χ0v) is 12.8. The number of hydrogen-bond acceptors (Lipinski definition) is 3. The first-order valence-corrected chi connectivity index (χ1v) is 6.37. The molecule has 0 fully saturated rings. The average Bonchev–Trinajstić information content (AvgIpc) is 2.30. The van der Waals surface area contributed by atoms with Gasteiger partial charge in [-0.2, -0.15) is 0 Å². The molecular weight excluding hydrogens is 311 g/mol. The highest BCUT2D eigenvalue weighted by molar-refractivity contribution is 6.35. The van der Waals surface area contributed by atoms with Crippen LogP contribution >= 0.6 is 35.6 Å². The molecule has 0 aromatic heterocycles. The van der Waals surface area contributed by atoms with Gasteiger partial charge in [-0.15, -0.1) is 12.4 Å². The molecule has 1 aromatic rings. The molecular formula is C12H17Cl3N2O2. The summed E-state index contributed by atoms with van der Waals surface area (Å²) < 4.78 is 5.46. The van der Waals surface area contributed by atoms with Crippen LogP contribution in [0.5, 0.6) is 5.75 Å². The number of rotatable bonds is 6. The molecule has 1 aromatic carbocycles. The standard InChI is InChI=1S/C12H16Cl2N2O2.ClH/c1-8(15)12(17)16-5-2-6-18-11-4-3-9(13)7-10(11)14;/h3-4,7-8H,2,5-6,15H2,1H3,(H,16,17);1H. The summed E-state index contributed by atoms with van der Waals surface area (Å²) >= 11 is 11.7. The molecule has 7 heteroatoms. The van der Waals surface area contributed by atoms with E-state index >= 15 is 0 Å². The highest BCUT2D eigenvalue weighted by Gasteiger charge is 2.06. The van der Waals surface area contributed by atoms with Crippen LogP contribution in [0.1, 0.15) is 13.3 Å². The van der Waals surface area contributed by atoms with E-state index in [4.69, 9.17) is 33.7 Å². The van der Waals surface area contributed by atoms with Gasteiger partial charge in [0, 0.05) is 11.6 Å². The minimum atomic E-state index is -0.489. The van der Waals surface area contributed by atoms with Crippen molar-refractivity contribution in [2.45, 2.75) is 19.4 Å². The number of carbonyl (C=O) groups excluding carboxylic acids is 1. The first-order chi connectivity index (χ1) is 8.50. The van der Waals surface area contributed by atoms with E-state index < -0.39 is 6.04 Å². The van der Waals surface area contributed by atoms with Crippen LogP contribution in [0.25, 0.3) is 0 Å². The molecule has 0 heterocycles. The van der Waals surface area contributed by atoms with E-state index in [-0.39, 0.29) is 18.3 Å². The maximum absolute atomic E-state index is 11.2. The molecule has 1 amide bonds. The van der Waals surface area contributed by atoms with E-state index in [0.717, 1.165) is 0 Å². The number of amides is 1. The fraction of sp³-hybridized carbons (Fsp3) is 0.417. The number of halogens is 3. The van der Waals surface area contributed by atoms with Gasteiger partial charge >= 0.3 is 0 Å². The summed E-state index contributed by atoms with van der Waals surface area (Å²) in [7, 11) is 0. The summed E-state index contributed by atoms with van der Waals surface area (Å²) in [5.74, 6) is 0.416. The Morgan fingerprint density at radius 1 is 1.47 bits per heavy atom. The van der Waals surface area contributed by atoms with Crippen LogP contribution in [-0.2, 0) is 4.79 Å². The topological polar surface area (TPSA) is 64.4 Å². The summed E-state index contributed by atoms with van der Waals surface area (Å²) in [5.41, 5.74) is 5.40. The fourth-order valence-corrected chi connectivity index (χ4v) is 1.68. The van der Waals surface area contributed by atoms with Crippen LogP contribution in [0.2, 0.25) is 10.0 Å². The molecule has 0 spiro atoms. The lowest BCUT2D eigenvalue weighted by molar-refractivity contribution is -0.121. The average molecular weight is 328 g/mol. The number of carbonyl (C=O) groups is 1. The Hall–Kier alpha value is -0.680. The monoisotopic (exact) mass is 326 g/mol. The molecule has 3 N–H and O–H groups in total. The molecule has 1 atom stereocenters. The molecule has 0 saturated carbocycles. The summed E-state index contributed by atoms with van der Waals surface area (Å²) in [4.78, 5) is 11.2. The first kappa shape index (κ1) is 18.3. The Balaban J connectivity index is 0.00000324. The third-order valence-electron chi connectivity index (χ3n) is 2.19. The van der Waals surface area contributed by atoms with Gasteiger partial charge in [0.2, 0.25) is 5.91 Å². The van der Waals surface area contributed by atoms with Crippen LogP contribution in [-0.4, -0.2) is 25.1 Å². The molecule has 4 nitrogen and oxygen atoms in total. The Morgan fingerprint density at radius 2 is 2.16 bits per heavy atom. The van der Waals surface area contributed by atoms with E-state index in [2.05, 4.69) is 5.32 Å². The van der Waals surface area contributed by atoms with Gasteiger partial charge in [-0.1, -0.05) is 23.2 Å². The molecule has 19 heavy (non-hydrogen) atoms. The van der Waals surface area contributed by atoms with Gasteiger partial charge in [0.25, 0.3) is 0 Å². The van der Waals surface area contributed by atoms with E-state index in [0.29, 0.717) is 35.4 Å². The van der Waals surface area contributed by atoms with E-state index in [1.54, 1.807) is 25.1 Å². The zero-order valence-electron chi connectivity index (χ0n) is 10.5. The van der Waals surface area contributed by atoms with Crippen molar-refractivity contribution >= 4 is 41.5 Å². The van der Waals surface area contributed by atoms with Gasteiger partial charge in [-0.3, -0.25) is 4.79 Å². The van der Waals surface area contributed by atoms with Crippen molar-refractivity contribution < 1.29 is 9.53 Å². The normalized spacial score (nSPS) is 11.4. The van der Waals surface area contributed by atoms with Crippen LogP contribution in [0.3, 0.4) is 0 Å². The highest BCUT2D eigenvalue weighted by Crippen LogP contribution is 2.27. The van der Waals surface area contributed by atoms with Gasteiger partial charge < -0.3 is 15.8 Å². The molecule has 0 saturated heterocycles. The predicted octanol–water partition coefficient (Wildman–Crippen LogP) is 2.65. The fourth-order valence-electron chi connectivity index (χ4n) is 1.22. The van der Waals surface area contributed by atoms with Crippen molar-refractivity contribution in [3.05, 3.63) is 28.2 Å². The zero-order chi connectivity index (χ0) is 13.5. The quantitative estimate of drug-likeness (QED) is 0.790. The molecule has 1 unspecified atom stereocenters. The lowest BCUT2D eigenvalue weighted by atomic mass is 10.3. The second kappa shape index (κ2) is 9.26. The number of hydrogen-bond donors (Lipinski definition) is 2. The molecule has 0 bridgehead atoms. The third kappa shape index (κ3) is 6.87. The Morgan fingerprint density at radius 3 is 2.74 bits per heavy atom. The van der Waals surface area contributed by atoms with Gasteiger partial charge in [-0.05, 0) is 31.5 Å². The summed E-state index contributed by atoms with van der Waals surface area (Å²) in [6, 6.07) is 4.55. The second-order valence-corrected chi connectivity index (χ2v) is 4.70. The van der Waals surface area contributed by atoms with Crippen molar-refractivity contribution in [2.75, 3.05) is 13.2 Å². The van der Waals surface area contributed by atoms with Crippen LogP contribution < -0.4 is 15.8 Å². The Labute approximate surface area is 129 Å². The Kier molecular flexibility index (Phi) is 8.93. The van der Waals surface area contributed by atoms with Crippen molar-refractivity contribution in [3.63, 3.8) is 0 Å². The third-order valence-corrected chi connectivity index (χ3v) is 2.72. The minimum Gasteiger partial charge on any atom is -0.492 e. The maximum Gasteiger partial charge on any atom is 0.236 e. The Bertz CT molecular complexity index is 414. The van der Waals surface area contributed by atoms with E-state index in [9.17, 15) is 4.79 Å². The van der Waals surface area contributed by atoms with E-state index in [1.165, 1.54) is 0 Å². The smallest absolute Gasteiger partial charge is 0.236 e. The SMILES string of the molecule is CC(N)C(=O)NCCCOc1ccc(Cl)cc1Cl.Cl. The molecule has 1 rings (SSSR count). The number of nitrogens with one attached hydrogen (secondary N) is 1. The van der Waals surface area contributed by atoms with Crippen LogP contribution in [0.4, 0.5) is 0 Å². The molecule has 0 radical (unpaired) electrons. The number of benzene rings is 1. The number of ether oxygens (including phenoxy) is 1. The highest BCUT2D eigenvalue weighted by atomic mass is 35.5. The van der Waals surface area contributed by atoms with E-state index in [1.807, 2.05) is 0 Å². The number of nitrogens with two attached hydrogens (primary N) is 1. The summed E-state index contributed by atoms with van der Waals surface area (Å²) in [6.45, 7) is 2.62. The molecule has 0 aliphatic rings. The summed E-state index contributed by atoms with van der Waals surface area (Å²) in [6.07, 6.45) is 0.678. The minimum absolute atomic E-state index is 0. The molecule has 0 aliphatic carbocycles. The van der Waals surface area contributed by atoms with Crippen molar-refractivity contribution in [2.24, 2.45) is 5.73 Å². The van der Waals surface area contributed by atoms with Gasteiger partial charge in [0.05, 0.1) is 17.7 Å². The van der Waals surface area contributed by atoms with Crippen LogP contribution in [0.15, 0.2) is 18.2 Å². The van der Waals surface area contributed by atoms with Crippen LogP contribution in [0, 0.1) is 0 Å². The maximum atomic E-state index is 11.2. The first-order valence-electron chi connectivity index (χ1n) is 5.62. The molecule has 108 valence electrons. The molecule has 0 aliphatic heterocycles. The lowest BCUT2D eigenvalue weighted by Gasteiger charge is -2.10. The lowest BCUT2D eigenvalue weighted by Crippen LogP contribution is -2.38. The largest absolute Gasteiger partial charge is 0.492 e. The second-order valence-electron chi connectivity index (χ2n) is 3.86. The van der Waals surface area contributed by atoms with Crippen molar-refractivity contribution in [3.8, 4) is 5.75 Å². The van der Waals surface area contributed by atoms with Gasteiger partial charge in [0.15, 0.2) is 0 Å². The van der Waals surface area contributed by atoms with Gasteiger partial charge in [-0.25, -0.2) is 0 Å². The predicted molar refractivity (Wildman–Crippen MR) is 80.5 cm³/mol.